The number of aromatic nitrogens is 2. The van der Waals surface area contributed by atoms with Crippen molar-refractivity contribution < 1.29 is 22.7 Å². The molecule has 4 rings (SSSR count). The molecule has 0 aromatic carbocycles. The molecule has 2 aromatic rings. The number of rotatable bonds is 6. The Balaban J connectivity index is 1.47. The second-order valence-electron chi connectivity index (χ2n) is 9.00. The zero-order valence-electron chi connectivity index (χ0n) is 20.5. The molecule has 0 unspecified atom stereocenters. The molecule has 2 aliphatic heterocycles. The Morgan fingerprint density at radius 2 is 1.86 bits per heavy atom. The number of carbonyl (C=O) groups excluding carboxylic acids is 2. The van der Waals surface area contributed by atoms with Crippen LogP contribution in [0.25, 0.3) is 0 Å². The van der Waals surface area contributed by atoms with Gasteiger partial charge in [0.15, 0.2) is 0 Å². The number of nitrogens with one attached hydrogen (secondary N) is 1. The zero-order chi connectivity index (χ0) is 25.2. The summed E-state index contributed by atoms with van der Waals surface area (Å²) >= 11 is 0. The number of sulfonamides is 1. The molecule has 2 fully saturated rings. The molecule has 2 aromatic heterocycles. The first-order valence-electron chi connectivity index (χ1n) is 12.0. The SMILES string of the molecule is CCOC(=O)c1c(C)[nH]c(C)c1S(=O)(=O)N1CCC[C@@H](C(=O)N2CCN(c3ccccn3)CC2)C1. The van der Waals surface area contributed by atoms with E-state index in [4.69, 9.17) is 4.74 Å². The summed E-state index contributed by atoms with van der Waals surface area (Å²) in [5.41, 5.74) is 0.892. The second-order valence-corrected chi connectivity index (χ2v) is 10.9. The van der Waals surface area contributed by atoms with Gasteiger partial charge in [-0.25, -0.2) is 18.2 Å². The lowest BCUT2D eigenvalue weighted by Gasteiger charge is -2.39. The number of nitrogens with zero attached hydrogens (tertiary/aromatic N) is 4. The number of carbonyl (C=O) groups is 2. The van der Waals surface area contributed by atoms with Crippen LogP contribution < -0.4 is 4.90 Å². The fourth-order valence-corrected chi connectivity index (χ4v) is 6.91. The number of piperidine rings is 1. The van der Waals surface area contributed by atoms with Gasteiger partial charge in [-0.1, -0.05) is 6.07 Å². The van der Waals surface area contributed by atoms with Crippen molar-refractivity contribution in [2.75, 3.05) is 50.8 Å². The molecular weight excluding hydrogens is 470 g/mol. The van der Waals surface area contributed by atoms with E-state index in [0.717, 1.165) is 5.82 Å². The van der Waals surface area contributed by atoms with Crippen LogP contribution in [0.15, 0.2) is 29.3 Å². The van der Waals surface area contributed by atoms with Crippen molar-refractivity contribution in [1.29, 1.82) is 0 Å². The minimum atomic E-state index is -3.99. The Hall–Kier alpha value is -2.92. The third kappa shape index (κ3) is 5.06. The van der Waals surface area contributed by atoms with Gasteiger partial charge in [-0.05, 0) is 45.7 Å². The van der Waals surface area contributed by atoms with Gasteiger partial charge in [0.25, 0.3) is 0 Å². The van der Waals surface area contributed by atoms with Crippen LogP contribution in [0.4, 0.5) is 5.82 Å². The molecule has 10 nitrogen and oxygen atoms in total. The number of hydrogen-bond acceptors (Lipinski definition) is 7. The zero-order valence-corrected chi connectivity index (χ0v) is 21.3. The minimum Gasteiger partial charge on any atom is -0.462 e. The topological polar surface area (TPSA) is 116 Å². The summed E-state index contributed by atoms with van der Waals surface area (Å²) < 4.78 is 33.8. The number of piperazine rings is 1. The van der Waals surface area contributed by atoms with Crippen molar-refractivity contribution >= 4 is 27.7 Å². The maximum absolute atomic E-state index is 13.7. The number of aromatic amines is 1. The molecule has 0 saturated carbocycles. The standard InChI is InChI=1S/C24H33N5O5S/c1-4-34-24(31)21-17(2)26-18(3)22(21)35(32,33)29-11-7-8-19(16-29)23(30)28-14-12-27(13-15-28)20-9-5-6-10-25-20/h5-6,9-10,19,26H,4,7-8,11-16H2,1-3H3/t19-/m1/s1. The molecule has 11 heteroatoms. The summed E-state index contributed by atoms with van der Waals surface area (Å²) in [5, 5.41) is 0. The first-order valence-corrected chi connectivity index (χ1v) is 13.5. The van der Waals surface area contributed by atoms with Crippen molar-refractivity contribution in [3.05, 3.63) is 41.3 Å². The largest absolute Gasteiger partial charge is 0.462 e. The fourth-order valence-electron chi connectivity index (χ4n) is 4.98. The van der Waals surface area contributed by atoms with Crippen LogP contribution in [0, 0.1) is 19.8 Å². The van der Waals surface area contributed by atoms with E-state index in [9.17, 15) is 18.0 Å². The van der Waals surface area contributed by atoms with Crippen LogP contribution in [0.5, 0.6) is 0 Å². The molecule has 2 aliphatic rings. The van der Waals surface area contributed by atoms with E-state index in [1.807, 2.05) is 23.1 Å². The Kier molecular flexibility index (Phi) is 7.46. The molecule has 1 atom stereocenters. The van der Waals surface area contributed by atoms with Gasteiger partial charge in [-0.3, -0.25) is 4.79 Å². The molecule has 1 amide bonds. The molecule has 0 aliphatic carbocycles. The Morgan fingerprint density at radius 3 is 2.51 bits per heavy atom. The molecule has 0 radical (unpaired) electrons. The molecule has 190 valence electrons. The summed E-state index contributed by atoms with van der Waals surface area (Å²) in [6, 6.07) is 5.77. The number of esters is 1. The lowest BCUT2D eigenvalue weighted by atomic mass is 9.98. The van der Waals surface area contributed by atoms with Gasteiger partial charge in [0.1, 0.15) is 16.3 Å². The number of H-pyrrole nitrogens is 1. The Morgan fingerprint density at radius 1 is 1.11 bits per heavy atom. The highest BCUT2D eigenvalue weighted by molar-refractivity contribution is 7.89. The quantitative estimate of drug-likeness (QED) is 0.599. The number of pyridine rings is 1. The highest BCUT2D eigenvalue weighted by Crippen LogP contribution is 2.31. The summed E-state index contributed by atoms with van der Waals surface area (Å²) in [4.78, 5) is 37.2. The second kappa shape index (κ2) is 10.4. The number of anilines is 1. The molecule has 1 N–H and O–H groups in total. The Bertz CT molecular complexity index is 1170. The van der Waals surface area contributed by atoms with Gasteiger partial charge in [-0.2, -0.15) is 4.31 Å². The molecular formula is C24H33N5O5S. The predicted molar refractivity (Wildman–Crippen MR) is 131 cm³/mol. The number of amides is 1. The summed E-state index contributed by atoms with van der Waals surface area (Å²) in [5.74, 6) is -0.197. The third-order valence-corrected chi connectivity index (χ3v) is 8.73. The summed E-state index contributed by atoms with van der Waals surface area (Å²) in [7, 11) is -3.99. The normalized spacial score (nSPS) is 19.6. The maximum Gasteiger partial charge on any atom is 0.341 e. The van der Waals surface area contributed by atoms with Crippen LogP contribution in [0.2, 0.25) is 0 Å². The van der Waals surface area contributed by atoms with Crippen molar-refractivity contribution in [3.8, 4) is 0 Å². The first kappa shape index (κ1) is 25.2. The van der Waals surface area contributed by atoms with Crippen molar-refractivity contribution in [2.45, 2.75) is 38.5 Å². The van der Waals surface area contributed by atoms with Crippen LogP contribution >= 0.6 is 0 Å². The maximum atomic E-state index is 13.7. The highest BCUT2D eigenvalue weighted by atomic mass is 32.2. The third-order valence-electron chi connectivity index (χ3n) is 6.69. The molecule has 0 spiro atoms. The van der Waals surface area contributed by atoms with E-state index in [1.54, 1.807) is 27.0 Å². The van der Waals surface area contributed by atoms with E-state index < -0.39 is 21.9 Å². The van der Waals surface area contributed by atoms with Gasteiger partial charge in [0.05, 0.1) is 12.5 Å². The number of ether oxygens (including phenoxy) is 1. The van der Waals surface area contributed by atoms with Gasteiger partial charge in [0, 0.05) is 56.9 Å². The highest BCUT2D eigenvalue weighted by Gasteiger charge is 2.39. The van der Waals surface area contributed by atoms with Crippen LogP contribution in [0.1, 0.15) is 41.5 Å². The summed E-state index contributed by atoms with van der Waals surface area (Å²) in [6.07, 6.45) is 2.98. The van der Waals surface area contributed by atoms with Crippen molar-refractivity contribution in [3.63, 3.8) is 0 Å². The average molecular weight is 504 g/mol. The molecule has 4 heterocycles. The molecule has 0 bridgehead atoms. The smallest absolute Gasteiger partial charge is 0.341 e. The van der Waals surface area contributed by atoms with E-state index in [1.165, 1.54) is 4.31 Å². The summed E-state index contributed by atoms with van der Waals surface area (Å²) in [6.45, 7) is 8.04. The minimum absolute atomic E-state index is 0.0156. The number of hydrogen-bond donors (Lipinski definition) is 1. The fraction of sp³-hybridized carbons (Fsp3) is 0.542. The van der Waals surface area contributed by atoms with Gasteiger partial charge < -0.3 is 19.5 Å². The first-order chi connectivity index (χ1) is 16.7. The van der Waals surface area contributed by atoms with Gasteiger partial charge >= 0.3 is 5.97 Å². The number of aryl methyl sites for hydroxylation is 2. The van der Waals surface area contributed by atoms with Crippen molar-refractivity contribution in [2.24, 2.45) is 5.92 Å². The van der Waals surface area contributed by atoms with Crippen LogP contribution in [-0.2, 0) is 19.6 Å². The van der Waals surface area contributed by atoms with Gasteiger partial charge in [-0.15, -0.1) is 0 Å². The predicted octanol–water partition coefficient (Wildman–Crippen LogP) is 1.95. The molecule has 35 heavy (non-hydrogen) atoms. The van der Waals surface area contributed by atoms with Crippen LogP contribution in [0.3, 0.4) is 0 Å². The van der Waals surface area contributed by atoms with E-state index >= 15 is 0 Å². The van der Waals surface area contributed by atoms with E-state index in [0.29, 0.717) is 57.0 Å². The van der Waals surface area contributed by atoms with E-state index in [-0.39, 0.29) is 29.5 Å². The van der Waals surface area contributed by atoms with Crippen molar-refractivity contribution in [1.82, 2.24) is 19.2 Å². The van der Waals surface area contributed by atoms with Crippen LogP contribution in [-0.4, -0.2) is 85.3 Å². The van der Waals surface area contributed by atoms with E-state index in [2.05, 4.69) is 14.9 Å². The average Bonchev–Trinajstić information content (AvgIpc) is 3.18. The lowest BCUT2D eigenvalue weighted by Crippen LogP contribution is -2.53. The Labute approximate surface area is 206 Å². The monoisotopic (exact) mass is 503 g/mol. The molecule has 2 saturated heterocycles. The lowest BCUT2D eigenvalue weighted by molar-refractivity contribution is -0.137. The van der Waals surface area contributed by atoms with Gasteiger partial charge in [0.2, 0.25) is 15.9 Å².